The van der Waals surface area contributed by atoms with Crippen LogP contribution in [-0.2, 0) is 0 Å². The lowest BCUT2D eigenvalue weighted by atomic mass is 10.1. The van der Waals surface area contributed by atoms with Gasteiger partial charge in [0.1, 0.15) is 0 Å². The number of hydrogen-bond donors (Lipinski definition) is 3. The number of nitrogens with one attached hydrogen (secondary N) is 2. The second-order valence-corrected chi connectivity index (χ2v) is 6.93. The van der Waals surface area contributed by atoms with Gasteiger partial charge in [-0.3, -0.25) is 4.99 Å². The second kappa shape index (κ2) is 9.28. The summed E-state index contributed by atoms with van der Waals surface area (Å²) < 4.78 is 0. The van der Waals surface area contributed by atoms with Crippen LogP contribution in [0.4, 0.5) is 0 Å². The first-order valence-electron chi connectivity index (χ1n) is 7.75. The van der Waals surface area contributed by atoms with Gasteiger partial charge in [0.2, 0.25) is 0 Å². The Kier molecular flexibility index (Phi) is 7.36. The predicted molar refractivity (Wildman–Crippen MR) is 95.9 cm³/mol. The maximum absolute atomic E-state index is 10.2. The maximum Gasteiger partial charge on any atom is 0.191 e. The third-order valence-electron chi connectivity index (χ3n) is 3.52. The first-order chi connectivity index (χ1) is 10.7. The molecular weight excluding hydrogens is 318 g/mol. The highest BCUT2D eigenvalue weighted by Crippen LogP contribution is 2.18. The van der Waals surface area contributed by atoms with Crippen molar-refractivity contribution in [3.8, 4) is 0 Å². The van der Waals surface area contributed by atoms with E-state index in [0.717, 1.165) is 23.8 Å². The topological polar surface area (TPSA) is 56.7 Å². The zero-order valence-electron chi connectivity index (χ0n) is 12.9. The van der Waals surface area contributed by atoms with Gasteiger partial charge in [-0.05, 0) is 43.2 Å². The van der Waals surface area contributed by atoms with Crippen LogP contribution >= 0.6 is 23.4 Å². The summed E-state index contributed by atoms with van der Waals surface area (Å²) in [5, 5.41) is 17.6. The molecule has 0 amide bonds. The SMILES string of the molecule is CCNC(=NCC(O)c1ccc(Cl)cc1)NC1CCCSC1. The fourth-order valence-electron chi connectivity index (χ4n) is 2.34. The normalized spacial score (nSPS) is 20.5. The molecule has 0 bridgehead atoms. The summed E-state index contributed by atoms with van der Waals surface area (Å²) in [7, 11) is 0. The van der Waals surface area contributed by atoms with Crippen molar-refractivity contribution in [2.45, 2.75) is 31.9 Å². The molecule has 1 aromatic rings. The Morgan fingerprint density at radius 1 is 1.45 bits per heavy atom. The quantitative estimate of drug-likeness (QED) is 0.569. The summed E-state index contributed by atoms with van der Waals surface area (Å²) in [6.45, 7) is 3.18. The molecule has 0 aliphatic carbocycles. The van der Waals surface area contributed by atoms with Crippen molar-refractivity contribution in [3.63, 3.8) is 0 Å². The van der Waals surface area contributed by atoms with Crippen molar-refractivity contribution in [1.29, 1.82) is 0 Å². The van der Waals surface area contributed by atoms with Crippen LogP contribution in [0.15, 0.2) is 29.3 Å². The van der Waals surface area contributed by atoms with E-state index < -0.39 is 6.10 Å². The van der Waals surface area contributed by atoms with E-state index in [2.05, 4.69) is 15.6 Å². The standard InChI is InChI=1S/C16H24ClN3OS/c1-2-18-16(20-14-4-3-9-22-11-14)19-10-15(21)12-5-7-13(17)8-6-12/h5-8,14-15,21H,2-4,9-11H2,1H3,(H2,18,19,20). The van der Waals surface area contributed by atoms with Gasteiger partial charge in [-0.1, -0.05) is 23.7 Å². The minimum atomic E-state index is -0.617. The van der Waals surface area contributed by atoms with E-state index in [4.69, 9.17) is 11.6 Å². The molecule has 1 aliphatic rings. The van der Waals surface area contributed by atoms with E-state index in [-0.39, 0.29) is 0 Å². The van der Waals surface area contributed by atoms with Crippen LogP contribution in [0.3, 0.4) is 0 Å². The first-order valence-corrected chi connectivity index (χ1v) is 9.28. The van der Waals surface area contributed by atoms with Gasteiger partial charge < -0.3 is 15.7 Å². The van der Waals surface area contributed by atoms with Crippen LogP contribution in [0.2, 0.25) is 5.02 Å². The molecule has 2 rings (SSSR count). The van der Waals surface area contributed by atoms with Gasteiger partial charge in [0.15, 0.2) is 5.96 Å². The summed E-state index contributed by atoms with van der Waals surface area (Å²) in [6.07, 6.45) is 1.81. The lowest BCUT2D eigenvalue weighted by Crippen LogP contribution is -2.45. The molecule has 2 unspecified atom stereocenters. The molecule has 2 atom stereocenters. The lowest BCUT2D eigenvalue weighted by molar-refractivity contribution is 0.187. The molecule has 0 aromatic heterocycles. The third-order valence-corrected chi connectivity index (χ3v) is 4.99. The van der Waals surface area contributed by atoms with Crippen molar-refractivity contribution < 1.29 is 5.11 Å². The molecular formula is C16H24ClN3OS. The molecule has 4 nitrogen and oxygen atoms in total. The highest BCUT2D eigenvalue weighted by molar-refractivity contribution is 7.99. The van der Waals surface area contributed by atoms with Gasteiger partial charge in [0.25, 0.3) is 0 Å². The zero-order chi connectivity index (χ0) is 15.8. The molecule has 0 spiro atoms. The molecule has 0 saturated carbocycles. The highest BCUT2D eigenvalue weighted by atomic mass is 35.5. The summed E-state index contributed by atoms with van der Waals surface area (Å²) in [6, 6.07) is 7.70. The van der Waals surface area contributed by atoms with E-state index in [1.54, 1.807) is 12.1 Å². The van der Waals surface area contributed by atoms with E-state index in [1.165, 1.54) is 18.6 Å². The van der Waals surface area contributed by atoms with E-state index >= 15 is 0 Å². The van der Waals surface area contributed by atoms with Crippen molar-refractivity contribution >= 4 is 29.3 Å². The number of rotatable bonds is 5. The van der Waals surface area contributed by atoms with E-state index in [1.807, 2.05) is 30.8 Å². The Balaban J connectivity index is 1.91. The van der Waals surface area contributed by atoms with Gasteiger partial charge >= 0.3 is 0 Å². The van der Waals surface area contributed by atoms with Crippen LogP contribution in [0.5, 0.6) is 0 Å². The number of guanidine groups is 1. The Hall–Kier alpha value is -0.910. The maximum atomic E-state index is 10.2. The fraction of sp³-hybridized carbons (Fsp3) is 0.562. The average Bonchev–Trinajstić information content (AvgIpc) is 2.54. The number of halogens is 1. The predicted octanol–water partition coefficient (Wildman–Crippen LogP) is 2.82. The Morgan fingerprint density at radius 2 is 2.23 bits per heavy atom. The zero-order valence-corrected chi connectivity index (χ0v) is 14.5. The van der Waals surface area contributed by atoms with Crippen LogP contribution in [-0.4, -0.2) is 41.7 Å². The Morgan fingerprint density at radius 3 is 2.86 bits per heavy atom. The minimum absolute atomic E-state index is 0.330. The molecule has 1 saturated heterocycles. The molecule has 1 fully saturated rings. The smallest absolute Gasteiger partial charge is 0.191 e. The summed E-state index contributed by atoms with van der Waals surface area (Å²) in [5.41, 5.74) is 0.831. The van der Waals surface area contributed by atoms with Crippen molar-refractivity contribution in [3.05, 3.63) is 34.9 Å². The van der Waals surface area contributed by atoms with Gasteiger partial charge in [0, 0.05) is 23.4 Å². The molecule has 122 valence electrons. The molecule has 1 heterocycles. The van der Waals surface area contributed by atoms with Crippen molar-refractivity contribution in [2.75, 3.05) is 24.6 Å². The van der Waals surface area contributed by atoms with Crippen molar-refractivity contribution in [2.24, 2.45) is 4.99 Å². The van der Waals surface area contributed by atoms with E-state index in [0.29, 0.717) is 17.6 Å². The van der Waals surface area contributed by atoms with Crippen LogP contribution in [0.25, 0.3) is 0 Å². The highest BCUT2D eigenvalue weighted by Gasteiger charge is 2.15. The van der Waals surface area contributed by atoms with E-state index in [9.17, 15) is 5.11 Å². The number of aliphatic imine (C=N–C) groups is 1. The fourth-order valence-corrected chi connectivity index (χ4v) is 3.53. The van der Waals surface area contributed by atoms with Crippen LogP contribution in [0, 0.1) is 0 Å². The Labute approximate surface area is 141 Å². The van der Waals surface area contributed by atoms with Crippen LogP contribution in [0.1, 0.15) is 31.4 Å². The molecule has 6 heteroatoms. The van der Waals surface area contributed by atoms with Gasteiger partial charge in [-0.25, -0.2) is 0 Å². The largest absolute Gasteiger partial charge is 0.386 e. The van der Waals surface area contributed by atoms with Gasteiger partial charge in [-0.15, -0.1) is 0 Å². The number of nitrogens with zero attached hydrogens (tertiary/aromatic N) is 1. The molecule has 1 aromatic carbocycles. The third kappa shape index (κ3) is 5.71. The first kappa shape index (κ1) is 17.4. The second-order valence-electron chi connectivity index (χ2n) is 5.35. The number of hydrogen-bond acceptors (Lipinski definition) is 3. The number of benzene rings is 1. The van der Waals surface area contributed by atoms with Crippen molar-refractivity contribution in [1.82, 2.24) is 10.6 Å². The monoisotopic (exact) mass is 341 g/mol. The summed E-state index contributed by atoms with van der Waals surface area (Å²) in [4.78, 5) is 4.51. The molecule has 0 radical (unpaired) electrons. The minimum Gasteiger partial charge on any atom is -0.386 e. The number of aliphatic hydroxyl groups excluding tert-OH is 1. The molecule has 1 aliphatic heterocycles. The average molecular weight is 342 g/mol. The Bertz CT molecular complexity index is 475. The van der Waals surface area contributed by atoms with Crippen LogP contribution < -0.4 is 10.6 Å². The van der Waals surface area contributed by atoms with Gasteiger partial charge in [0.05, 0.1) is 12.6 Å². The number of thioether (sulfide) groups is 1. The molecule has 22 heavy (non-hydrogen) atoms. The van der Waals surface area contributed by atoms with Gasteiger partial charge in [-0.2, -0.15) is 11.8 Å². The lowest BCUT2D eigenvalue weighted by Gasteiger charge is -2.24. The summed E-state index contributed by atoms with van der Waals surface area (Å²) >= 11 is 7.84. The summed E-state index contributed by atoms with van der Waals surface area (Å²) in [5.74, 6) is 3.15. The number of aliphatic hydroxyl groups is 1. The molecule has 3 N–H and O–H groups in total.